The molecule has 2 rings (SSSR count). The largest absolute Gasteiger partial charge is 0.339 e. The lowest BCUT2D eigenvalue weighted by molar-refractivity contribution is -0.132. The van der Waals surface area contributed by atoms with Gasteiger partial charge in [-0.1, -0.05) is 13.8 Å². The summed E-state index contributed by atoms with van der Waals surface area (Å²) in [6, 6.07) is 0. The molecule has 1 aromatic heterocycles. The summed E-state index contributed by atoms with van der Waals surface area (Å²) in [5.41, 5.74) is 0. The highest BCUT2D eigenvalue weighted by molar-refractivity contribution is 5.78. The summed E-state index contributed by atoms with van der Waals surface area (Å²) in [6.45, 7) is 9.61. The van der Waals surface area contributed by atoms with Gasteiger partial charge in [0, 0.05) is 32.7 Å². The second kappa shape index (κ2) is 7.51. The maximum absolute atomic E-state index is 12.2. The van der Waals surface area contributed by atoms with E-state index < -0.39 is 0 Å². The summed E-state index contributed by atoms with van der Waals surface area (Å²) in [5.74, 6) is 1.63. The minimum absolute atomic E-state index is 0.189. The van der Waals surface area contributed by atoms with Crippen molar-refractivity contribution in [3.05, 3.63) is 12.2 Å². The van der Waals surface area contributed by atoms with E-state index >= 15 is 0 Å². The minimum atomic E-state index is 0.189. The van der Waals surface area contributed by atoms with Crippen molar-refractivity contribution in [2.24, 2.45) is 5.92 Å². The van der Waals surface area contributed by atoms with E-state index in [0.717, 1.165) is 38.5 Å². The van der Waals surface area contributed by atoms with Crippen LogP contribution >= 0.6 is 0 Å². The number of carbonyl (C=O) groups excluding carboxylic acids is 1. The van der Waals surface area contributed by atoms with Crippen LogP contribution in [0.15, 0.2) is 6.33 Å². The Kier molecular flexibility index (Phi) is 5.69. The molecule has 0 unspecified atom stereocenters. The summed E-state index contributed by atoms with van der Waals surface area (Å²) in [5, 5.41) is 7.51. The molecule has 118 valence electrons. The quantitative estimate of drug-likeness (QED) is 0.787. The van der Waals surface area contributed by atoms with Gasteiger partial charge in [0.1, 0.15) is 12.2 Å². The molecule has 0 saturated carbocycles. The molecule has 1 aliphatic rings. The number of hydrogen-bond donors (Lipinski definition) is 1. The molecule has 7 heteroatoms. The van der Waals surface area contributed by atoms with E-state index in [1.807, 2.05) is 21.5 Å². The van der Waals surface area contributed by atoms with E-state index in [0.29, 0.717) is 19.0 Å². The molecular formula is C14H26N6O. The highest BCUT2D eigenvalue weighted by atomic mass is 16.2. The van der Waals surface area contributed by atoms with E-state index in [1.165, 1.54) is 0 Å². The number of nitrogens with one attached hydrogen (secondary N) is 1. The molecule has 1 saturated heterocycles. The normalized spacial score (nSPS) is 16.0. The first-order valence-corrected chi connectivity index (χ1v) is 7.60. The summed E-state index contributed by atoms with van der Waals surface area (Å²) in [4.78, 5) is 20.4. The monoisotopic (exact) mass is 294 g/mol. The van der Waals surface area contributed by atoms with E-state index in [2.05, 4.69) is 29.2 Å². The standard InChI is InChI=1S/C14H26N6O/c1-12(2)8-20-13(16-11-17-20)9-18(3)10-14(21)19-6-4-15-5-7-19/h11-12,15H,4-10H2,1-3H3. The topological polar surface area (TPSA) is 66.3 Å². The zero-order valence-electron chi connectivity index (χ0n) is 13.2. The first-order valence-electron chi connectivity index (χ1n) is 7.60. The van der Waals surface area contributed by atoms with Gasteiger partial charge in [0.2, 0.25) is 5.91 Å². The van der Waals surface area contributed by atoms with E-state index in [9.17, 15) is 4.79 Å². The molecule has 21 heavy (non-hydrogen) atoms. The van der Waals surface area contributed by atoms with Crippen molar-refractivity contribution < 1.29 is 4.79 Å². The van der Waals surface area contributed by atoms with Crippen LogP contribution < -0.4 is 5.32 Å². The van der Waals surface area contributed by atoms with Gasteiger partial charge in [-0.25, -0.2) is 9.67 Å². The van der Waals surface area contributed by atoms with Gasteiger partial charge in [-0.2, -0.15) is 5.10 Å². The molecule has 1 fully saturated rings. The molecule has 1 aliphatic heterocycles. The van der Waals surface area contributed by atoms with Gasteiger partial charge in [0.25, 0.3) is 0 Å². The van der Waals surface area contributed by atoms with Gasteiger partial charge >= 0.3 is 0 Å². The lowest BCUT2D eigenvalue weighted by Crippen LogP contribution is -2.49. The molecule has 0 aromatic carbocycles. The first kappa shape index (κ1) is 15.9. The number of rotatable bonds is 6. The maximum Gasteiger partial charge on any atom is 0.236 e. The molecule has 0 radical (unpaired) electrons. The number of hydrogen-bond acceptors (Lipinski definition) is 5. The van der Waals surface area contributed by atoms with Gasteiger partial charge in [0.05, 0.1) is 13.1 Å². The highest BCUT2D eigenvalue weighted by Crippen LogP contribution is 2.04. The Morgan fingerprint density at radius 3 is 2.81 bits per heavy atom. The van der Waals surface area contributed by atoms with Crippen LogP contribution in [0.1, 0.15) is 19.7 Å². The van der Waals surface area contributed by atoms with Gasteiger partial charge in [-0.15, -0.1) is 0 Å². The fourth-order valence-corrected chi connectivity index (χ4v) is 2.45. The number of amides is 1. The summed E-state index contributed by atoms with van der Waals surface area (Å²) in [7, 11) is 1.95. The average Bonchev–Trinajstić information content (AvgIpc) is 2.86. The molecule has 2 heterocycles. The van der Waals surface area contributed by atoms with Crippen molar-refractivity contribution in [2.75, 3.05) is 39.8 Å². The molecule has 7 nitrogen and oxygen atoms in total. The fourth-order valence-electron chi connectivity index (χ4n) is 2.45. The van der Waals surface area contributed by atoms with Crippen LogP contribution in [-0.4, -0.2) is 70.2 Å². The highest BCUT2D eigenvalue weighted by Gasteiger charge is 2.18. The van der Waals surface area contributed by atoms with Gasteiger partial charge in [-0.3, -0.25) is 9.69 Å². The maximum atomic E-state index is 12.2. The Morgan fingerprint density at radius 2 is 2.14 bits per heavy atom. The van der Waals surface area contributed by atoms with Crippen LogP contribution in [0, 0.1) is 5.92 Å². The molecule has 1 aromatic rings. The van der Waals surface area contributed by atoms with Crippen LogP contribution in [0.4, 0.5) is 0 Å². The first-order chi connectivity index (χ1) is 10.1. The molecule has 0 aliphatic carbocycles. The van der Waals surface area contributed by atoms with Crippen LogP contribution in [0.2, 0.25) is 0 Å². The Labute approximate surface area is 126 Å². The van der Waals surface area contributed by atoms with Gasteiger partial charge in [-0.05, 0) is 13.0 Å². The molecule has 1 amide bonds. The van der Waals surface area contributed by atoms with Crippen molar-refractivity contribution in [3.63, 3.8) is 0 Å². The summed E-state index contributed by atoms with van der Waals surface area (Å²) >= 11 is 0. The Balaban J connectivity index is 1.85. The lowest BCUT2D eigenvalue weighted by atomic mass is 10.2. The van der Waals surface area contributed by atoms with Crippen LogP contribution in [0.5, 0.6) is 0 Å². The number of aromatic nitrogens is 3. The Morgan fingerprint density at radius 1 is 1.43 bits per heavy atom. The SMILES string of the molecule is CC(C)Cn1ncnc1CN(C)CC(=O)N1CCNCC1. The number of piperazine rings is 1. The fraction of sp³-hybridized carbons (Fsp3) is 0.786. The third-order valence-corrected chi connectivity index (χ3v) is 3.52. The van der Waals surface area contributed by atoms with Crippen LogP contribution in [0.25, 0.3) is 0 Å². The smallest absolute Gasteiger partial charge is 0.236 e. The second-order valence-corrected chi connectivity index (χ2v) is 6.06. The lowest BCUT2D eigenvalue weighted by Gasteiger charge is -2.29. The van der Waals surface area contributed by atoms with E-state index in [1.54, 1.807) is 6.33 Å². The predicted molar refractivity (Wildman–Crippen MR) is 80.6 cm³/mol. The average molecular weight is 294 g/mol. The number of nitrogens with zero attached hydrogens (tertiary/aromatic N) is 5. The van der Waals surface area contributed by atoms with Crippen molar-refractivity contribution in [1.82, 2.24) is 29.9 Å². The minimum Gasteiger partial charge on any atom is -0.339 e. The molecular weight excluding hydrogens is 268 g/mol. The zero-order chi connectivity index (χ0) is 15.2. The molecule has 0 atom stereocenters. The van der Waals surface area contributed by atoms with E-state index in [-0.39, 0.29) is 5.91 Å². The van der Waals surface area contributed by atoms with Gasteiger partial charge < -0.3 is 10.2 Å². The predicted octanol–water partition coefficient (Wildman–Crippen LogP) is -0.202. The van der Waals surface area contributed by atoms with Crippen LogP contribution in [-0.2, 0) is 17.9 Å². The molecule has 0 bridgehead atoms. The third-order valence-electron chi connectivity index (χ3n) is 3.52. The van der Waals surface area contributed by atoms with E-state index in [4.69, 9.17) is 0 Å². The zero-order valence-corrected chi connectivity index (χ0v) is 13.2. The Hall–Kier alpha value is -1.47. The van der Waals surface area contributed by atoms with Crippen molar-refractivity contribution in [1.29, 1.82) is 0 Å². The summed E-state index contributed by atoms with van der Waals surface area (Å²) in [6.07, 6.45) is 1.59. The number of carbonyl (C=O) groups is 1. The summed E-state index contributed by atoms with van der Waals surface area (Å²) < 4.78 is 1.93. The Bertz CT molecular complexity index is 452. The molecule has 0 spiro atoms. The third kappa shape index (κ3) is 4.78. The van der Waals surface area contributed by atoms with Crippen molar-refractivity contribution >= 4 is 5.91 Å². The second-order valence-electron chi connectivity index (χ2n) is 6.06. The molecule has 1 N–H and O–H groups in total. The van der Waals surface area contributed by atoms with Gasteiger partial charge in [0.15, 0.2) is 0 Å². The van der Waals surface area contributed by atoms with Crippen molar-refractivity contribution in [2.45, 2.75) is 26.9 Å². The number of likely N-dealkylation sites (N-methyl/N-ethyl adjacent to an activating group) is 1. The van der Waals surface area contributed by atoms with Crippen molar-refractivity contribution in [3.8, 4) is 0 Å². The van der Waals surface area contributed by atoms with Crippen LogP contribution in [0.3, 0.4) is 0 Å².